The largest absolute Gasteiger partial charge is 0.284 e. The number of nitrogens with one attached hydrogen (secondary N) is 2. The van der Waals surface area contributed by atoms with Crippen LogP contribution in [-0.4, -0.2) is 31.2 Å². The van der Waals surface area contributed by atoms with E-state index in [9.17, 15) is 5.26 Å². The molecule has 3 aromatic heterocycles. The second-order valence-corrected chi connectivity index (χ2v) is 8.28. The van der Waals surface area contributed by atoms with E-state index in [4.69, 9.17) is 0 Å². The van der Waals surface area contributed by atoms with Crippen LogP contribution in [0, 0.1) is 18.3 Å². The minimum absolute atomic E-state index is 0.759. The quantitative estimate of drug-likeness (QED) is 0.524. The number of hydrogen-bond acceptors (Lipinski definition) is 3. The van der Waals surface area contributed by atoms with Gasteiger partial charge < -0.3 is 0 Å². The van der Waals surface area contributed by atoms with Gasteiger partial charge in [-0.05, 0) is 37.1 Å². The summed E-state index contributed by atoms with van der Waals surface area (Å²) in [6.07, 6.45) is 1.92. The van der Waals surface area contributed by atoms with Gasteiger partial charge >= 0.3 is 0 Å². The van der Waals surface area contributed by atoms with Gasteiger partial charge in [-0.1, -0.05) is 31.5 Å². The van der Waals surface area contributed by atoms with E-state index in [2.05, 4.69) is 86.5 Å². The molecule has 0 amide bonds. The first-order valence-corrected chi connectivity index (χ1v) is 11.1. The number of anilines is 2. The minimum Gasteiger partial charge on any atom is -0.284 e. The van der Waals surface area contributed by atoms with E-state index < -0.39 is 0 Å². The molecule has 1 aliphatic rings. The number of nitrogens with zero attached hydrogens (tertiary/aromatic N) is 4. The molecule has 6 nitrogen and oxygen atoms in total. The number of fused-ring (bicyclic) bond motifs is 3. The monoisotopic (exact) mass is 412 g/mol. The van der Waals surface area contributed by atoms with E-state index in [1.165, 1.54) is 17.3 Å². The number of rotatable bonds is 4. The molecule has 0 saturated carbocycles. The average Bonchev–Trinajstić information content (AvgIpc) is 3.18. The lowest BCUT2D eigenvalue weighted by molar-refractivity contribution is -0.467. The van der Waals surface area contributed by atoms with Crippen molar-refractivity contribution in [1.29, 1.82) is 5.26 Å². The van der Waals surface area contributed by atoms with Gasteiger partial charge in [-0.2, -0.15) is 9.66 Å². The number of benzene rings is 1. The zero-order chi connectivity index (χ0) is 21.4. The number of para-hydroxylation sites is 2. The van der Waals surface area contributed by atoms with E-state index in [0.29, 0.717) is 0 Å². The summed E-state index contributed by atoms with van der Waals surface area (Å²) in [5.74, 6) is 2.35. The molecule has 156 valence electrons. The Hall–Kier alpha value is -3.59. The SMILES string of the molecule is CCCc1cc(N2CCN(c3cccc(C)[nH+]3)CC2)[n+]2c([nH]c3ccccc32)c1C#N. The fraction of sp³-hybridized carbons (Fsp3) is 0.320. The third kappa shape index (κ3) is 3.36. The molecule has 5 rings (SSSR count). The molecule has 1 aliphatic heterocycles. The van der Waals surface area contributed by atoms with E-state index >= 15 is 0 Å². The van der Waals surface area contributed by atoms with Crippen LogP contribution in [0.1, 0.15) is 30.2 Å². The van der Waals surface area contributed by atoms with Gasteiger partial charge in [-0.25, -0.2) is 4.98 Å². The van der Waals surface area contributed by atoms with Crippen molar-refractivity contribution in [2.75, 3.05) is 36.0 Å². The fourth-order valence-electron chi connectivity index (χ4n) is 4.69. The van der Waals surface area contributed by atoms with Crippen molar-refractivity contribution in [2.24, 2.45) is 0 Å². The lowest BCUT2D eigenvalue weighted by atomic mass is 10.1. The molecule has 0 bridgehead atoms. The number of H-pyrrole nitrogens is 2. The first kappa shape index (κ1) is 19.4. The maximum absolute atomic E-state index is 9.95. The molecule has 0 unspecified atom stereocenters. The second kappa shape index (κ2) is 7.92. The highest BCUT2D eigenvalue weighted by Crippen LogP contribution is 2.25. The van der Waals surface area contributed by atoms with Crippen LogP contribution >= 0.6 is 0 Å². The van der Waals surface area contributed by atoms with Crippen LogP contribution in [0.3, 0.4) is 0 Å². The number of aryl methyl sites for hydroxylation is 2. The molecule has 1 fully saturated rings. The molecule has 0 spiro atoms. The molecule has 1 aromatic carbocycles. The second-order valence-electron chi connectivity index (χ2n) is 8.28. The number of piperazine rings is 1. The van der Waals surface area contributed by atoms with Crippen molar-refractivity contribution in [1.82, 2.24) is 4.98 Å². The Labute approximate surface area is 182 Å². The number of imidazole rings is 1. The van der Waals surface area contributed by atoms with Gasteiger partial charge in [0, 0.05) is 12.1 Å². The van der Waals surface area contributed by atoms with Gasteiger partial charge in [0.05, 0.1) is 5.69 Å². The lowest BCUT2D eigenvalue weighted by Crippen LogP contribution is -2.50. The minimum atomic E-state index is 0.759. The molecule has 1 saturated heterocycles. The summed E-state index contributed by atoms with van der Waals surface area (Å²) in [4.78, 5) is 11.9. The first-order chi connectivity index (χ1) is 15.2. The molecule has 0 aliphatic carbocycles. The third-order valence-electron chi connectivity index (χ3n) is 6.21. The van der Waals surface area contributed by atoms with Gasteiger partial charge in [-0.15, -0.1) is 0 Å². The zero-order valence-corrected chi connectivity index (χ0v) is 18.2. The number of pyridine rings is 2. The normalized spacial score (nSPS) is 14.4. The van der Waals surface area contributed by atoms with Crippen molar-refractivity contribution in [3.63, 3.8) is 0 Å². The van der Waals surface area contributed by atoms with Gasteiger partial charge in [0.15, 0.2) is 0 Å². The smallest absolute Gasteiger partial charge is 0.274 e. The Morgan fingerprint density at radius 3 is 2.58 bits per heavy atom. The Balaban J connectivity index is 1.57. The maximum Gasteiger partial charge on any atom is 0.274 e. The highest BCUT2D eigenvalue weighted by Gasteiger charge is 2.31. The fourth-order valence-corrected chi connectivity index (χ4v) is 4.69. The maximum atomic E-state index is 9.95. The summed E-state index contributed by atoms with van der Waals surface area (Å²) in [5, 5.41) is 9.95. The van der Waals surface area contributed by atoms with Crippen molar-refractivity contribution in [2.45, 2.75) is 26.7 Å². The van der Waals surface area contributed by atoms with E-state index in [0.717, 1.165) is 66.8 Å². The Kier molecular flexibility index (Phi) is 4.95. The molecule has 0 radical (unpaired) electrons. The van der Waals surface area contributed by atoms with Crippen LogP contribution in [0.4, 0.5) is 11.6 Å². The summed E-state index contributed by atoms with van der Waals surface area (Å²) < 4.78 is 2.24. The number of nitriles is 1. The third-order valence-corrected chi connectivity index (χ3v) is 6.21. The van der Waals surface area contributed by atoms with E-state index in [-0.39, 0.29) is 0 Å². The van der Waals surface area contributed by atoms with Crippen LogP contribution in [0.5, 0.6) is 0 Å². The Morgan fingerprint density at radius 2 is 1.84 bits per heavy atom. The zero-order valence-electron chi connectivity index (χ0n) is 18.2. The highest BCUT2D eigenvalue weighted by atomic mass is 15.3. The summed E-state index contributed by atoms with van der Waals surface area (Å²) in [7, 11) is 0. The van der Waals surface area contributed by atoms with Crippen LogP contribution in [-0.2, 0) is 6.42 Å². The molecule has 0 atom stereocenters. The summed E-state index contributed by atoms with van der Waals surface area (Å²) in [6, 6.07) is 19.4. The first-order valence-electron chi connectivity index (χ1n) is 11.1. The predicted octanol–water partition coefficient (Wildman–Crippen LogP) is 3.18. The van der Waals surface area contributed by atoms with Crippen LogP contribution < -0.4 is 19.2 Å². The summed E-state index contributed by atoms with van der Waals surface area (Å²) >= 11 is 0. The molecule has 4 aromatic rings. The van der Waals surface area contributed by atoms with Gasteiger partial charge in [0.25, 0.3) is 5.82 Å². The van der Waals surface area contributed by atoms with Gasteiger partial charge in [-0.3, -0.25) is 14.8 Å². The van der Waals surface area contributed by atoms with Crippen LogP contribution in [0.15, 0.2) is 48.5 Å². The lowest BCUT2D eigenvalue weighted by Gasteiger charge is -2.29. The number of aromatic amines is 2. The van der Waals surface area contributed by atoms with Crippen molar-refractivity contribution >= 4 is 28.3 Å². The van der Waals surface area contributed by atoms with Crippen molar-refractivity contribution < 1.29 is 9.38 Å². The average molecular weight is 413 g/mol. The van der Waals surface area contributed by atoms with Crippen molar-refractivity contribution in [3.05, 3.63) is 65.4 Å². The van der Waals surface area contributed by atoms with Gasteiger partial charge in [0.2, 0.25) is 11.5 Å². The van der Waals surface area contributed by atoms with E-state index in [1.54, 1.807) is 0 Å². The molecular weight excluding hydrogens is 384 g/mol. The summed E-state index contributed by atoms with van der Waals surface area (Å²) in [6.45, 7) is 8.03. The summed E-state index contributed by atoms with van der Waals surface area (Å²) in [5.41, 5.74) is 6.13. The van der Waals surface area contributed by atoms with Crippen LogP contribution in [0.25, 0.3) is 16.7 Å². The number of hydrogen-bond donors (Lipinski definition) is 1. The Bertz CT molecular complexity index is 1290. The predicted molar refractivity (Wildman–Crippen MR) is 122 cm³/mol. The topological polar surface area (TPSA) is 64.3 Å². The molecule has 4 heterocycles. The van der Waals surface area contributed by atoms with Crippen LogP contribution in [0.2, 0.25) is 0 Å². The Morgan fingerprint density at radius 1 is 1.06 bits per heavy atom. The molecule has 6 heteroatoms. The highest BCUT2D eigenvalue weighted by molar-refractivity contribution is 5.77. The molecular formula is C25H28N6+2. The molecule has 31 heavy (non-hydrogen) atoms. The standard InChI is InChI=1S/C25H26N6/c1-3-7-19-16-24(30-14-12-29(13-15-30)23-11-6-8-18(2)27-23)31-22-10-5-4-9-21(22)28-25(31)20(19)17-26/h4-6,8-11,16H,3,7,12-15H2,1-2H3/p+2. The molecule has 2 N–H and O–H groups in total. The van der Waals surface area contributed by atoms with Gasteiger partial charge in [0.1, 0.15) is 48.8 Å². The van der Waals surface area contributed by atoms with Crippen molar-refractivity contribution in [3.8, 4) is 6.07 Å². The van der Waals surface area contributed by atoms with E-state index in [1.807, 2.05) is 6.07 Å². The number of aromatic nitrogens is 3.